The smallest absolute Gasteiger partial charge is 0.240 e. The first-order chi connectivity index (χ1) is 7.39. The molecule has 0 bridgehead atoms. The van der Waals surface area contributed by atoms with E-state index in [-0.39, 0.29) is 15.9 Å². The molecule has 1 aromatic heterocycles. The Labute approximate surface area is 92.7 Å². The van der Waals surface area contributed by atoms with Crippen LogP contribution in [-0.4, -0.2) is 4.98 Å². The van der Waals surface area contributed by atoms with Gasteiger partial charge in [0.05, 0.1) is 5.02 Å². The van der Waals surface area contributed by atoms with Crippen LogP contribution in [0.2, 0.25) is 5.02 Å². The molecule has 2 aromatic rings. The van der Waals surface area contributed by atoms with Crippen LogP contribution >= 0.6 is 11.6 Å². The molecule has 0 amide bonds. The molecule has 6 heteroatoms. The molecule has 0 aliphatic carbocycles. The molecule has 0 aliphatic heterocycles. The van der Waals surface area contributed by atoms with Gasteiger partial charge in [0.25, 0.3) is 0 Å². The molecule has 0 radical (unpaired) electrons. The van der Waals surface area contributed by atoms with Gasteiger partial charge < -0.3 is 0 Å². The van der Waals surface area contributed by atoms with Crippen molar-refractivity contribution < 1.29 is 17.6 Å². The molecule has 0 spiro atoms. The van der Waals surface area contributed by atoms with E-state index in [9.17, 15) is 17.6 Å². The van der Waals surface area contributed by atoms with E-state index in [1.165, 1.54) is 12.1 Å². The minimum Gasteiger partial charge on any atom is -0.240 e. The average molecular weight is 250 g/mol. The number of halogens is 5. The lowest BCUT2D eigenvalue weighted by atomic mass is 10.2. The molecule has 16 heavy (non-hydrogen) atoms. The van der Waals surface area contributed by atoms with Crippen LogP contribution in [0.3, 0.4) is 0 Å². The number of nitrogens with zero attached hydrogens (tertiary/aromatic N) is 1. The number of aromatic nitrogens is 1. The van der Waals surface area contributed by atoms with Gasteiger partial charge in [-0.3, -0.25) is 0 Å². The minimum atomic E-state index is -4.64. The van der Waals surface area contributed by atoms with Gasteiger partial charge in [0, 0.05) is 5.39 Å². The monoisotopic (exact) mass is 249 g/mol. The zero-order valence-electron chi connectivity index (χ0n) is 7.65. The van der Waals surface area contributed by atoms with Gasteiger partial charge >= 0.3 is 6.18 Å². The van der Waals surface area contributed by atoms with Crippen molar-refractivity contribution in [1.29, 1.82) is 0 Å². The van der Waals surface area contributed by atoms with Gasteiger partial charge in [-0.15, -0.1) is 0 Å². The van der Waals surface area contributed by atoms with Crippen LogP contribution in [0.4, 0.5) is 17.6 Å². The number of hydrogen-bond acceptors (Lipinski definition) is 1. The SMILES string of the molecule is Fc1cccc2c(Cl)cc(C(F)(F)F)nc12. The second kappa shape index (κ2) is 3.59. The summed E-state index contributed by atoms with van der Waals surface area (Å²) in [5.41, 5.74) is -1.57. The summed E-state index contributed by atoms with van der Waals surface area (Å²) in [4.78, 5) is 3.22. The zero-order valence-corrected chi connectivity index (χ0v) is 8.40. The largest absolute Gasteiger partial charge is 0.433 e. The Bertz CT molecular complexity index is 550. The minimum absolute atomic E-state index is 0.162. The average Bonchev–Trinajstić information content (AvgIpc) is 2.18. The highest BCUT2D eigenvalue weighted by molar-refractivity contribution is 6.35. The number of benzene rings is 1. The van der Waals surface area contributed by atoms with Crippen molar-refractivity contribution in [3.63, 3.8) is 0 Å². The van der Waals surface area contributed by atoms with Crippen LogP contribution in [0.15, 0.2) is 24.3 Å². The molecular weight excluding hydrogens is 246 g/mol. The zero-order chi connectivity index (χ0) is 11.9. The number of pyridine rings is 1. The Morgan fingerprint density at radius 3 is 2.50 bits per heavy atom. The second-order valence-corrected chi connectivity index (χ2v) is 3.53. The normalized spacial score (nSPS) is 12.1. The molecule has 0 unspecified atom stereocenters. The maximum absolute atomic E-state index is 13.2. The number of alkyl halides is 3. The highest BCUT2D eigenvalue weighted by Crippen LogP contribution is 2.33. The Morgan fingerprint density at radius 2 is 1.88 bits per heavy atom. The molecular formula is C10H4ClF4N. The van der Waals surface area contributed by atoms with E-state index in [1.807, 2.05) is 0 Å². The Balaban J connectivity index is 2.81. The van der Waals surface area contributed by atoms with Gasteiger partial charge in [-0.05, 0) is 12.1 Å². The molecule has 1 heterocycles. The first-order valence-electron chi connectivity index (χ1n) is 4.21. The molecule has 0 saturated heterocycles. The summed E-state index contributed by atoms with van der Waals surface area (Å²) in [5, 5.41) is -0.00788. The lowest BCUT2D eigenvalue weighted by molar-refractivity contribution is -0.140. The lowest BCUT2D eigenvalue weighted by Gasteiger charge is -2.08. The third-order valence-corrected chi connectivity index (χ3v) is 2.34. The fourth-order valence-electron chi connectivity index (χ4n) is 1.32. The summed E-state index contributed by atoms with van der Waals surface area (Å²) in [7, 11) is 0. The molecule has 0 N–H and O–H groups in total. The van der Waals surface area contributed by atoms with Gasteiger partial charge in [0.2, 0.25) is 0 Å². The summed E-state index contributed by atoms with van der Waals surface area (Å²) in [6, 6.07) is 4.49. The van der Waals surface area contributed by atoms with E-state index in [0.29, 0.717) is 6.07 Å². The molecule has 2 rings (SSSR count). The lowest BCUT2D eigenvalue weighted by Crippen LogP contribution is -2.08. The predicted molar refractivity (Wildman–Crippen MR) is 51.7 cm³/mol. The van der Waals surface area contributed by atoms with Crippen molar-refractivity contribution in [2.24, 2.45) is 0 Å². The van der Waals surface area contributed by atoms with Crippen molar-refractivity contribution in [3.05, 3.63) is 40.8 Å². The third-order valence-electron chi connectivity index (χ3n) is 2.03. The van der Waals surface area contributed by atoms with Crippen LogP contribution in [0, 0.1) is 5.82 Å². The molecule has 1 nitrogen and oxygen atoms in total. The van der Waals surface area contributed by atoms with Crippen molar-refractivity contribution in [3.8, 4) is 0 Å². The summed E-state index contributed by atoms with van der Waals surface area (Å²) < 4.78 is 50.4. The van der Waals surface area contributed by atoms with E-state index in [4.69, 9.17) is 11.6 Å². The predicted octanol–water partition coefficient (Wildman–Crippen LogP) is 4.05. The maximum Gasteiger partial charge on any atom is 0.433 e. The number of para-hydroxylation sites is 1. The summed E-state index contributed by atoms with van der Waals surface area (Å²) >= 11 is 5.63. The molecule has 0 fully saturated rings. The van der Waals surface area contributed by atoms with Crippen molar-refractivity contribution >= 4 is 22.5 Å². The Hall–Kier alpha value is -1.36. The molecule has 0 aliphatic rings. The van der Waals surface area contributed by atoms with Gasteiger partial charge in [-0.25, -0.2) is 9.37 Å². The quantitative estimate of drug-likeness (QED) is 0.642. The van der Waals surface area contributed by atoms with E-state index >= 15 is 0 Å². The van der Waals surface area contributed by atoms with Crippen molar-refractivity contribution in [1.82, 2.24) is 4.98 Å². The van der Waals surface area contributed by atoms with Crippen LogP contribution in [0.5, 0.6) is 0 Å². The van der Waals surface area contributed by atoms with Crippen LogP contribution in [0.25, 0.3) is 10.9 Å². The van der Waals surface area contributed by atoms with Gasteiger partial charge in [0.1, 0.15) is 17.0 Å². The van der Waals surface area contributed by atoms with Crippen LogP contribution in [0.1, 0.15) is 5.69 Å². The summed E-state index contributed by atoms with van der Waals surface area (Å²) in [6.45, 7) is 0. The highest BCUT2D eigenvalue weighted by Gasteiger charge is 2.33. The first-order valence-corrected chi connectivity index (χ1v) is 4.59. The molecule has 0 saturated carbocycles. The fraction of sp³-hybridized carbons (Fsp3) is 0.100. The number of fused-ring (bicyclic) bond motifs is 1. The van der Waals surface area contributed by atoms with E-state index in [2.05, 4.69) is 4.98 Å². The van der Waals surface area contributed by atoms with E-state index in [0.717, 1.165) is 6.07 Å². The van der Waals surface area contributed by atoms with Gasteiger partial charge in [-0.2, -0.15) is 13.2 Å². The van der Waals surface area contributed by atoms with Crippen molar-refractivity contribution in [2.75, 3.05) is 0 Å². The standard InChI is InChI=1S/C10H4ClF4N/c11-6-4-8(10(13,14)15)16-9-5(6)2-1-3-7(9)12/h1-4H. The summed E-state index contributed by atoms with van der Waals surface area (Å²) in [5.74, 6) is -0.828. The fourth-order valence-corrected chi connectivity index (χ4v) is 1.57. The summed E-state index contributed by atoms with van der Waals surface area (Å²) in [6.07, 6.45) is -4.64. The molecule has 1 aromatic carbocycles. The first kappa shape index (κ1) is 11.1. The van der Waals surface area contributed by atoms with Crippen LogP contribution < -0.4 is 0 Å². The number of rotatable bonds is 0. The highest BCUT2D eigenvalue weighted by atomic mass is 35.5. The van der Waals surface area contributed by atoms with E-state index < -0.39 is 17.7 Å². The van der Waals surface area contributed by atoms with E-state index in [1.54, 1.807) is 0 Å². The Kier molecular flexibility index (Phi) is 2.50. The Morgan fingerprint density at radius 1 is 1.19 bits per heavy atom. The maximum atomic E-state index is 13.2. The topological polar surface area (TPSA) is 12.9 Å². The number of hydrogen-bond donors (Lipinski definition) is 0. The second-order valence-electron chi connectivity index (χ2n) is 3.12. The van der Waals surface area contributed by atoms with Crippen LogP contribution in [-0.2, 0) is 6.18 Å². The van der Waals surface area contributed by atoms with Gasteiger partial charge in [-0.1, -0.05) is 23.7 Å². The molecule has 0 atom stereocenters. The molecule has 84 valence electrons. The third kappa shape index (κ3) is 1.82. The van der Waals surface area contributed by atoms with Crippen molar-refractivity contribution in [2.45, 2.75) is 6.18 Å². The van der Waals surface area contributed by atoms with Gasteiger partial charge in [0.15, 0.2) is 0 Å².